The molecule has 1 aliphatic rings. The Balaban J connectivity index is 1.62. The van der Waals surface area contributed by atoms with Gasteiger partial charge in [0.05, 0.1) is 22.6 Å². The highest BCUT2D eigenvalue weighted by Crippen LogP contribution is 2.39. The van der Waals surface area contributed by atoms with Crippen LogP contribution in [-0.4, -0.2) is 15.5 Å². The molecule has 5 heteroatoms. The maximum absolute atomic E-state index is 13.6. The molecule has 5 rings (SSSR count). The van der Waals surface area contributed by atoms with Crippen molar-refractivity contribution in [2.75, 3.05) is 10.6 Å². The van der Waals surface area contributed by atoms with Gasteiger partial charge in [0.2, 0.25) is 5.95 Å². The first-order chi connectivity index (χ1) is 15.5. The van der Waals surface area contributed by atoms with Crippen LogP contribution in [0, 0.1) is 6.92 Å². The highest BCUT2D eigenvalue weighted by molar-refractivity contribution is 6.06. The van der Waals surface area contributed by atoms with Crippen molar-refractivity contribution in [3.05, 3.63) is 101 Å². The maximum Gasteiger partial charge on any atom is 0.255 e. The molecular formula is C27H26N4O. The first-order valence-electron chi connectivity index (χ1n) is 11.0. The number of imidazole rings is 1. The molecule has 0 spiro atoms. The van der Waals surface area contributed by atoms with Gasteiger partial charge in [-0.1, -0.05) is 61.0 Å². The predicted octanol–water partition coefficient (Wildman–Crippen LogP) is 5.83. The summed E-state index contributed by atoms with van der Waals surface area (Å²) in [5.74, 6) is 0.631. The monoisotopic (exact) mass is 422 g/mol. The first kappa shape index (κ1) is 20.1. The van der Waals surface area contributed by atoms with Gasteiger partial charge in [-0.05, 0) is 55.7 Å². The summed E-state index contributed by atoms with van der Waals surface area (Å²) in [6.07, 6.45) is 0.967. The van der Waals surface area contributed by atoms with Gasteiger partial charge in [-0.3, -0.25) is 9.36 Å². The van der Waals surface area contributed by atoms with Crippen LogP contribution in [0.1, 0.15) is 36.6 Å². The fraction of sp³-hybridized carbons (Fsp3) is 0.185. The Labute approximate surface area is 187 Å². The first-order valence-corrected chi connectivity index (χ1v) is 11.0. The maximum atomic E-state index is 13.6. The molecule has 2 N–H and O–H groups in total. The van der Waals surface area contributed by atoms with Crippen molar-refractivity contribution in [2.45, 2.75) is 33.2 Å². The number of amides is 1. The number of carbonyl (C=O) groups excluding carboxylic acids is 1. The third-order valence-corrected chi connectivity index (χ3v) is 6.09. The Morgan fingerprint density at radius 3 is 2.44 bits per heavy atom. The van der Waals surface area contributed by atoms with Crippen LogP contribution >= 0.6 is 0 Å². The molecule has 32 heavy (non-hydrogen) atoms. The number of benzene rings is 3. The molecule has 1 unspecified atom stereocenters. The normalized spacial score (nSPS) is 15.4. The van der Waals surface area contributed by atoms with Crippen molar-refractivity contribution in [3.8, 4) is 0 Å². The van der Waals surface area contributed by atoms with E-state index in [0.717, 1.165) is 40.4 Å². The lowest BCUT2D eigenvalue weighted by atomic mass is 9.93. The second kappa shape index (κ2) is 8.00. The van der Waals surface area contributed by atoms with Crippen LogP contribution in [0.4, 0.5) is 11.6 Å². The van der Waals surface area contributed by atoms with E-state index in [1.165, 1.54) is 11.1 Å². The molecule has 0 radical (unpaired) electrons. The molecule has 2 heterocycles. The highest BCUT2D eigenvalue weighted by Gasteiger charge is 2.34. The zero-order valence-electron chi connectivity index (χ0n) is 18.5. The fourth-order valence-corrected chi connectivity index (χ4v) is 4.34. The summed E-state index contributed by atoms with van der Waals surface area (Å²) in [4.78, 5) is 18.4. The van der Waals surface area contributed by atoms with Gasteiger partial charge in [-0.25, -0.2) is 4.98 Å². The Hall–Kier alpha value is -3.86. The van der Waals surface area contributed by atoms with Crippen LogP contribution < -0.4 is 10.6 Å². The molecule has 0 fully saturated rings. The quantitative estimate of drug-likeness (QED) is 0.435. The number of nitrogens with one attached hydrogen (secondary N) is 2. The molecule has 5 nitrogen and oxygen atoms in total. The van der Waals surface area contributed by atoms with Crippen molar-refractivity contribution in [3.63, 3.8) is 0 Å². The zero-order chi connectivity index (χ0) is 22.2. The minimum Gasteiger partial charge on any atom is -0.329 e. The highest BCUT2D eigenvalue weighted by atomic mass is 16.1. The summed E-state index contributed by atoms with van der Waals surface area (Å²) in [5.41, 5.74) is 7.64. The van der Waals surface area contributed by atoms with E-state index in [1.807, 2.05) is 43.3 Å². The Bertz CT molecular complexity index is 1330. The Morgan fingerprint density at radius 2 is 1.72 bits per heavy atom. The van der Waals surface area contributed by atoms with Crippen molar-refractivity contribution in [2.24, 2.45) is 0 Å². The zero-order valence-corrected chi connectivity index (χ0v) is 18.5. The molecule has 0 bridgehead atoms. The number of hydrogen-bond acceptors (Lipinski definition) is 3. The van der Waals surface area contributed by atoms with Gasteiger partial charge < -0.3 is 10.6 Å². The van der Waals surface area contributed by atoms with Gasteiger partial charge in [0, 0.05) is 11.4 Å². The smallest absolute Gasteiger partial charge is 0.255 e. The van der Waals surface area contributed by atoms with Crippen molar-refractivity contribution >= 4 is 28.6 Å². The van der Waals surface area contributed by atoms with E-state index >= 15 is 0 Å². The second-order valence-electron chi connectivity index (χ2n) is 8.28. The Kier molecular flexibility index (Phi) is 5.02. The average molecular weight is 423 g/mol. The summed E-state index contributed by atoms with van der Waals surface area (Å²) in [6, 6.07) is 24.1. The van der Waals surface area contributed by atoms with Crippen LogP contribution in [0.25, 0.3) is 11.0 Å². The van der Waals surface area contributed by atoms with Crippen LogP contribution in [0.5, 0.6) is 0 Å². The number of fused-ring (bicyclic) bond motifs is 3. The van der Waals surface area contributed by atoms with Crippen LogP contribution in [0.15, 0.2) is 84.1 Å². The molecule has 1 amide bonds. The van der Waals surface area contributed by atoms with Gasteiger partial charge in [0.25, 0.3) is 5.91 Å². The minimum absolute atomic E-state index is 0.117. The number of nitrogens with zero attached hydrogens (tertiary/aromatic N) is 2. The summed E-state index contributed by atoms with van der Waals surface area (Å²) in [6.45, 7) is 6.13. The number of hydrogen-bond donors (Lipinski definition) is 2. The van der Waals surface area contributed by atoms with Gasteiger partial charge in [0.15, 0.2) is 0 Å². The molecule has 0 saturated heterocycles. The largest absolute Gasteiger partial charge is 0.329 e. The van der Waals surface area contributed by atoms with Gasteiger partial charge in [0.1, 0.15) is 0 Å². The topological polar surface area (TPSA) is 59.0 Å². The third-order valence-electron chi connectivity index (χ3n) is 6.09. The Morgan fingerprint density at radius 1 is 1.00 bits per heavy atom. The molecule has 1 aliphatic heterocycles. The summed E-state index contributed by atoms with van der Waals surface area (Å²) < 4.78 is 2.13. The number of allylic oxidation sites excluding steroid dienone is 1. The van der Waals surface area contributed by atoms with E-state index in [0.29, 0.717) is 5.57 Å². The summed E-state index contributed by atoms with van der Waals surface area (Å²) in [7, 11) is 0. The number of carbonyl (C=O) groups is 1. The van der Waals surface area contributed by atoms with Crippen molar-refractivity contribution in [1.29, 1.82) is 0 Å². The number of aromatic nitrogens is 2. The molecule has 160 valence electrons. The van der Waals surface area contributed by atoms with E-state index in [2.05, 4.69) is 65.4 Å². The van der Waals surface area contributed by atoms with Crippen LogP contribution in [0.2, 0.25) is 0 Å². The molecule has 0 saturated carbocycles. The van der Waals surface area contributed by atoms with Gasteiger partial charge >= 0.3 is 0 Å². The predicted molar refractivity (Wildman–Crippen MR) is 130 cm³/mol. The second-order valence-corrected chi connectivity index (χ2v) is 8.28. The average Bonchev–Trinajstić information content (AvgIpc) is 3.17. The lowest BCUT2D eigenvalue weighted by Gasteiger charge is -2.30. The molecule has 1 atom stereocenters. The van der Waals surface area contributed by atoms with E-state index in [4.69, 9.17) is 4.98 Å². The van der Waals surface area contributed by atoms with Crippen molar-refractivity contribution < 1.29 is 4.79 Å². The van der Waals surface area contributed by atoms with E-state index in [1.54, 1.807) is 0 Å². The molecular weight excluding hydrogens is 396 g/mol. The van der Waals surface area contributed by atoms with Crippen molar-refractivity contribution in [1.82, 2.24) is 9.55 Å². The van der Waals surface area contributed by atoms with Crippen LogP contribution in [0.3, 0.4) is 0 Å². The van der Waals surface area contributed by atoms with E-state index in [9.17, 15) is 4.79 Å². The number of aryl methyl sites for hydroxylation is 2. The molecule has 4 aromatic rings. The summed E-state index contributed by atoms with van der Waals surface area (Å²) in [5, 5.41) is 6.47. The minimum atomic E-state index is -0.283. The number of anilines is 2. The third kappa shape index (κ3) is 3.46. The molecule has 0 aliphatic carbocycles. The molecule has 1 aromatic heterocycles. The molecule has 3 aromatic carbocycles. The van der Waals surface area contributed by atoms with Crippen LogP contribution in [-0.2, 0) is 11.2 Å². The SMILES string of the molecule is CCc1ccc(NC(=O)C2=C(C)Nc3nc4ccccc4n3C2c2ccc(C)cc2)cc1. The van der Waals surface area contributed by atoms with E-state index in [-0.39, 0.29) is 11.9 Å². The fourth-order valence-electron chi connectivity index (χ4n) is 4.34. The number of rotatable bonds is 4. The lowest BCUT2D eigenvalue weighted by Crippen LogP contribution is -2.30. The number of para-hydroxylation sites is 2. The van der Waals surface area contributed by atoms with Gasteiger partial charge in [-0.15, -0.1) is 0 Å². The summed E-state index contributed by atoms with van der Waals surface area (Å²) >= 11 is 0. The van der Waals surface area contributed by atoms with Gasteiger partial charge in [-0.2, -0.15) is 0 Å². The standard InChI is InChI=1S/C27H26N4O/c1-4-19-11-15-21(16-12-19)29-26(32)24-18(3)28-27-30-22-7-5-6-8-23(22)31(27)25(24)20-13-9-17(2)10-14-20/h5-16,25H,4H2,1-3H3,(H,28,30)(H,29,32). The van der Waals surface area contributed by atoms with E-state index < -0.39 is 0 Å². The lowest BCUT2D eigenvalue weighted by molar-refractivity contribution is -0.113.